The summed E-state index contributed by atoms with van der Waals surface area (Å²) in [4.78, 5) is 23.1. The topological polar surface area (TPSA) is 99.9 Å². The van der Waals surface area contributed by atoms with Crippen LogP contribution in [0.15, 0.2) is 24.3 Å². The predicted octanol–water partition coefficient (Wildman–Crippen LogP) is 1.10. The van der Waals surface area contributed by atoms with Gasteiger partial charge in [-0.1, -0.05) is 6.07 Å². The number of carbonyl (C=O) groups excluding carboxylic acids is 2. The molecule has 1 aromatic carbocycles. The molecule has 1 fully saturated rings. The third-order valence-corrected chi connectivity index (χ3v) is 3.35. The van der Waals surface area contributed by atoms with Crippen molar-refractivity contribution in [3.63, 3.8) is 0 Å². The SMILES string of the molecule is COC(=O)COc1cccc(NC(=O)[C@@H]2CC[C@H](CN)O2)c1.Cl. The first-order chi connectivity index (χ1) is 10.6. The Hall–Kier alpha value is -1.83. The van der Waals surface area contributed by atoms with Crippen LogP contribution in [0.1, 0.15) is 12.8 Å². The number of rotatable bonds is 6. The van der Waals surface area contributed by atoms with E-state index in [1.165, 1.54) is 7.11 Å². The van der Waals surface area contributed by atoms with Gasteiger partial charge in [-0.2, -0.15) is 0 Å². The van der Waals surface area contributed by atoms with Crippen LogP contribution in [-0.2, 0) is 19.1 Å². The van der Waals surface area contributed by atoms with E-state index in [4.69, 9.17) is 15.2 Å². The summed E-state index contributed by atoms with van der Waals surface area (Å²) < 4.78 is 15.3. The Labute approximate surface area is 140 Å². The number of ether oxygens (including phenoxy) is 3. The number of amides is 1. The smallest absolute Gasteiger partial charge is 0.343 e. The summed E-state index contributed by atoms with van der Waals surface area (Å²) in [6, 6.07) is 6.78. The maximum atomic E-state index is 12.1. The number of hydrogen-bond donors (Lipinski definition) is 2. The van der Waals surface area contributed by atoms with Crippen LogP contribution in [0.4, 0.5) is 5.69 Å². The van der Waals surface area contributed by atoms with Crippen molar-refractivity contribution < 1.29 is 23.8 Å². The van der Waals surface area contributed by atoms with Crippen LogP contribution in [-0.4, -0.2) is 44.3 Å². The average Bonchev–Trinajstić information content (AvgIpc) is 3.02. The molecule has 0 unspecified atom stereocenters. The number of hydrogen-bond acceptors (Lipinski definition) is 6. The number of esters is 1. The van der Waals surface area contributed by atoms with Crippen molar-refractivity contribution >= 4 is 30.0 Å². The number of carbonyl (C=O) groups is 2. The molecule has 0 aliphatic carbocycles. The standard InChI is InChI=1S/C15H20N2O5.ClH/c1-20-14(18)9-21-11-4-2-3-10(7-11)17-15(19)13-6-5-12(8-16)22-13;/h2-4,7,12-13H,5-6,8-9,16H2,1H3,(H,17,19);1H/t12-,13+;/m1./s1. The van der Waals surface area contributed by atoms with E-state index in [-0.39, 0.29) is 31.0 Å². The maximum Gasteiger partial charge on any atom is 0.343 e. The van der Waals surface area contributed by atoms with Crippen LogP contribution in [0.25, 0.3) is 0 Å². The number of benzene rings is 1. The van der Waals surface area contributed by atoms with E-state index in [1.54, 1.807) is 24.3 Å². The van der Waals surface area contributed by atoms with E-state index in [2.05, 4.69) is 10.1 Å². The third kappa shape index (κ3) is 5.70. The summed E-state index contributed by atoms with van der Waals surface area (Å²) in [6.07, 6.45) is 0.919. The molecule has 2 atom stereocenters. The first kappa shape index (κ1) is 19.2. The zero-order chi connectivity index (χ0) is 15.9. The molecule has 1 aromatic rings. The summed E-state index contributed by atoms with van der Waals surface area (Å²) in [5.41, 5.74) is 6.10. The lowest BCUT2D eigenvalue weighted by Crippen LogP contribution is -2.29. The van der Waals surface area contributed by atoms with Gasteiger partial charge in [0.25, 0.3) is 5.91 Å². The van der Waals surface area contributed by atoms with Gasteiger partial charge in [0.1, 0.15) is 11.9 Å². The molecule has 1 amide bonds. The molecule has 1 aliphatic heterocycles. The molecule has 1 saturated heterocycles. The Kier molecular flexibility index (Phi) is 7.80. The molecule has 0 saturated carbocycles. The van der Waals surface area contributed by atoms with Gasteiger partial charge in [0.2, 0.25) is 0 Å². The lowest BCUT2D eigenvalue weighted by atomic mass is 10.2. The largest absolute Gasteiger partial charge is 0.482 e. The van der Waals surface area contributed by atoms with Gasteiger partial charge in [-0.25, -0.2) is 4.79 Å². The zero-order valence-corrected chi connectivity index (χ0v) is 13.6. The molecule has 0 spiro atoms. The average molecular weight is 345 g/mol. The van der Waals surface area contributed by atoms with Gasteiger partial charge in [-0.3, -0.25) is 4.79 Å². The van der Waals surface area contributed by atoms with Crippen LogP contribution < -0.4 is 15.8 Å². The second-order valence-electron chi connectivity index (χ2n) is 4.94. The fourth-order valence-corrected chi connectivity index (χ4v) is 2.16. The highest BCUT2D eigenvalue weighted by Gasteiger charge is 2.29. The van der Waals surface area contributed by atoms with Crippen LogP contribution in [0.5, 0.6) is 5.75 Å². The Balaban J connectivity index is 0.00000264. The van der Waals surface area contributed by atoms with Gasteiger partial charge < -0.3 is 25.3 Å². The zero-order valence-electron chi connectivity index (χ0n) is 12.8. The van der Waals surface area contributed by atoms with E-state index >= 15 is 0 Å². The first-order valence-electron chi connectivity index (χ1n) is 7.08. The Morgan fingerprint density at radius 2 is 2.17 bits per heavy atom. The van der Waals surface area contributed by atoms with Crippen molar-refractivity contribution in [1.29, 1.82) is 0 Å². The van der Waals surface area contributed by atoms with Crippen molar-refractivity contribution in [1.82, 2.24) is 0 Å². The molecule has 8 heteroatoms. The second-order valence-corrected chi connectivity index (χ2v) is 4.94. The lowest BCUT2D eigenvalue weighted by molar-refractivity contribution is -0.142. The van der Waals surface area contributed by atoms with Crippen LogP contribution in [0, 0.1) is 0 Å². The van der Waals surface area contributed by atoms with Gasteiger partial charge in [-0.05, 0) is 25.0 Å². The van der Waals surface area contributed by atoms with Crippen molar-refractivity contribution in [2.75, 3.05) is 25.6 Å². The highest BCUT2D eigenvalue weighted by Crippen LogP contribution is 2.22. The van der Waals surface area contributed by atoms with E-state index in [0.29, 0.717) is 24.4 Å². The van der Waals surface area contributed by atoms with Crippen molar-refractivity contribution in [3.05, 3.63) is 24.3 Å². The summed E-state index contributed by atoms with van der Waals surface area (Å²) in [5.74, 6) is -0.210. The van der Waals surface area contributed by atoms with Crippen LogP contribution in [0.3, 0.4) is 0 Å². The number of halogens is 1. The summed E-state index contributed by atoms with van der Waals surface area (Å²) in [5, 5.41) is 2.77. The monoisotopic (exact) mass is 344 g/mol. The predicted molar refractivity (Wildman–Crippen MR) is 86.8 cm³/mol. The molecule has 3 N–H and O–H groups in total. The molecular weight excluding hydrogens is 324 g/mol. The van der Waals surface area contributed by atoms with Gasteiger partial charge in [0.15, 0.2) is 6.61 Å². The minimum absolute atomic E-state index is 0. The number of anilines is 1. The molecule has 0 bridgehead atoms. The molecule has 0 radical (unpaired) electrons. The fourth-order valence-electron chi connectivity index (χ4n) is 2.16. The molecule has 2 rings (SSSR count). The number of nitrogens with two attached hydrogens (primary N) is 1. The van der Waals surface area contributed by atoms with E-state index in [0.717, 1.165) is 6.42 Å². The highest BCUT2D eigenvalue weighted by molar-refractivity contribution is 5.94. The summed E-state index contributed by atoms with van der Waals surface area (Å²) >= 11 is 0. The summed E-state index contributed by atoms with van der Waals surface area (Å²) in [7, 11) is 1.29. The van der Waals surface area contributed by atoms with Crippen molar-refractivity contribution in [3.8, 4) is 5.75 Å². The highest BCUT2D eigenvalue weighted by atomic mass is 35.5. The van der Waals surface area contributed by atoms with Gasteiger partial charge in [0, 0.05) is 18.3 Å². The van der Waals surface area contributed by atoms with Crippen molar-refractivity contribution in [2.24, 2.45) is 5.73 Å². The van der Waals surface area contributed by atoms with Gasteiger partial charge >= 0.3 is 5.97 Å². The number of methoxy groups -OCH3 is 1. The first-order valence-corrected chi connectivity index (χ1v) is 7.08. The van der Waals surface area contributed by atoms with Crippen molar-refractivity contribution in [2.45, 2.75) is 25.0 Å². The molecule has 1 heterocycles. The Morgan fingerprint density at radius 3 is 2.83 bits per heavy atom. The molecule has 128 valence electrons. The quantitative estimate of drug-likeness (QED) is 0.750. The molecule has 23 heavy (non-hydrogen) atoms. The van der Waals surface area contributed by atoms with Crippen LogP contribution in [0.2, 0.25) is 0 Å². The lowest BCUT2D eigenvalue weighted by Gasteiger charge is -2.13. The summed E-state index contributed by atoms with van der Waals surface area (Å²) in [6.45, 7) is 0.235. The van der Waals surface area contributed by atoms with E-state index in [1.807, 2.05) is 0 Å². The minimum Gasteiger partial charge on any atom is -0.482 e. The minimum atomic E-state index is -0.479. The number of nitrogens with one attached hydrogen (secondary N) is 1. The molecular formula is C15H21ClN2O5. The molecule has 7 nitrogen and oxygen atoms in total. The van der Waals surface area contributed by atoms with Gasteiger partial charge in [-0.15, -0.1) is 12.4 Å². The molecule has 1 aliphatic rings. The Bertz CT molecular complexity index is 540. The second kappa shape index (κ2) is 9.34. The fraction of sp³-hybridized carbons (Fsp3) is 0.467. The molecule has 0 aromatic heterocycles. The maximum absolute atomic E-state index is 12.1. The van der Waals surface area contributed by atoms with Gasteiger partial charge in [0.05, 0.1) is 13.2 Å². The normalized spacial score (nSPS) is 19.6. The van der Waals surface area contributed by atoms with Crippen LogP contribution >= 0.6 is 12.4 Å². The third-order valence-electron chi connectivity index (χ3n) is 3.35. The Morgan fingerprint density at radius 1 is 1.39 bits per heavy atom. The van der Waals surface area contributed by atoms with E-state index < -0.39 is 12.1 Å². The van der Waals surface area contributed by atoms with E-state index in [9.17, 15) is 9.59 Å².